The van der Waals surface area contributed by atoms with Gasteiger partial charge in [-0.25, -0.2) is 4.39 Å². The highest BCUT2D eigenvalue weighted by Gasteiger charge is 2.24. The number of hydrogen-bond donors (Lipinski definition) is 2. The molecule has 1 heterocycles. The molecule has 0 aliphatic carbocycles. The molecule has 7 heteroatoms. The normalized spacial score (nSPS) is 15.9. The van der Waals surface area contributed by atoms with E-state index in [2.05, 4.69) is 4.90 Å². The van der Waals surface area contributed by atoms with Crippen molar-refractivity contribution in [1.82, 2.24) is 0 Å². The monoisotopic (exact) mass is 405 g/mol. The van der Waals surface area contributed by atoms with Gasteiger partial charge in [0.2, 0.25) is 0 Å². The molecule has 29 heavy (non-hydrogen) atoms. The topological polar surface area (TPSA) is 55.6 Å². The molecule has 0 spiro atoms. The smallest absolute Gasteiger partial charge is 0.161 e. The molecule has 2 N–H and O–H groups in total. The highest BCUT2D eigenvalue weighted by Crippen LogP contribution is 2.27. The van der Waals surface area contributed by atoms with Crippen molar-refractivity contribution >= 4 is 5.69 Å². The number of piperazine rings is 1. The summed E-state index contributed by atoms with van der Waals surface area (Å²) in [6.07, 6.45) is -0.537. The number of anilines is 1. The molecule has 0 unspecified atom stereocenters. The zero-order valence-corrected chi connectivity index (χ0v) is 17.1. The lowest BCUT2D eigenvalue weighted by atomic mass is 10.2. The molecular weight excluding hydrogens is 375 g/mol. The van der Waals surface area contributed by atoms with Crippen LogP contribution in [0.25, 0.3) is 0 Å². The first kappa shape index (κ1) is 21.4. The number of ether oxygens (including phenoxy) is 3. The highest BCUT2D eigenvalue weighted by molar-refractivity contribution is 5.47. The van der Waals surface area contributed by atoms with Crippen molar-refractivity contribution < 1.29 is 28.6 Å². The van der Waals surface area contributed by atoms with Crippen LogP contribution in [0.1, 0.15) is 5.56 Å². The predicted octanol–water partition coefficient (Wildman–Crippen LogP) is 1.13. The van der Waals surface area contributed by atoms with Crippen molar-refractivity contribution in [2.24, 2.45) is 0 Å². The third kappa shape index (κ3) is 5.82. The van der Waals surface area contributed by atoms with E-state index in [0.717, 1.165) is 31.7 Å². The maximum Gasteiger partial charge on any atom is 0.161 e. The summed E-state index contributed by atoms with van der Waals surface area (Å²) >= 11 is 0. The average molecular weight is 405 g/mol. The molecule has 0 amide bonds. The molecule has 0 radical (unpaired) electrons. The quantitative estimate of drug-likeness (QED) is 0.655. The largest absolute Gasteiger partial charge is 0.493 e. The van der Waals surface area contributed by atoms with Crippen molar-refractivity contribution in [2.75, 3.05) is 58.5 Å². The second kappa shape index (κ2) is 10.4. The van der Waals surface area contributed by atoms with E-state index in [4.69, 9.17) is 14.2 Å². The summed E-state index contributed by atoms with van der Waals surface area (Å²) in [4.78, 5) is 3.37. The minimum atomic E-state index is -0.537. The Hall–Kier alpha value is -2.35. The van der Waals surface area contributed by atoms with Crippen molar-refractivity contribution in [2.45, 2.75) is 12.7 Å². The number of rotatable bonds is 9. The molecule has 1 aliphatic heterocycles. The summed E-state index contributed by atoms with van der Waals surface area (Å²) < 4.78 is 30.1. The fourth-order valence-corrected chi connectivity index (χ4v) is 3.65. The van der Waals surface area contributed by atoms with Gasteiger partial charge in [-0.2, -0.15) is 0 Å². The third-order valence-corrected chi connectivity index (χ3v) is 5.21. The van der Waals surface area contributed by atoms with Crippen LogP contribution in [0.3, 0.4) is 0 Å². The van der Waals surface area contributed by atoms with Crippen molar-refractivity contribution in [1.29, 1.82) is 0 Å². The number of quaternary nitrogens is 1. The van der Waals surface area contributed by atoms with Crippen LogP contribution in [0.15, 0.2) is 42.5 Å². The lowest BCUT2D eigenvalue weighted by molar-refractivity contribution is -0.903. The number of aliphatic hydroxyl groups is 1. The summed E-state index contributed by atoms with van der Waals surface area (Å²) in [5.74, 6) is 1.15. The molecule has 1 aliphatic rings. The van der Waals surface area contributed by atoms with E-state index in [1.54, 1.807) is 20.3 Å². The Morgan fingerprint density at radius 3 is 2.48 bits per heavy atom. The van der Waals surface area contributed by atoms with Crippen LogP contribution >= 0.6 is 0 Å². The van der Waals surface area contributed by atoms with Gasteiger partial charge >= 0.3 is 0 Å². The van der Waals surface area contributed by atoms with Gasteiger partial charge in [-0.05, 0) is 29.8 Å². The van der Waals surface area contributed by atoms with Gasteiger partial charge in [0.15, 0.2) is 11.5 Å². The molecule has 2 aromatic rings. The standard InChI is InChI=1S/C22H29FN2O4/c1-27-21-8-7-17(13-22(21)28-2)15-29-16-18(26)14-24-9-11-25(12-10-24)20-6-4-3-5-19(20)23/h3-8,13,18,26H,9-12,14-16H2,1-2H3/p+1/t18-/m0/s1. The number of halogens is 1. The van der Waals surface area contributed by atoms with Crippen LogP contribution in [0, 0.1) is 5.82 Å². The Morgan fingerprint density at radius 1 is 1.07 bits per heavy atom. The zero-order valence-electron chi connectivity index (χ0n) is 17.1. The van der Waals surface area contributed by atoms with Gasteiger partial charge in [0, 0.05) is 0 Å². The molecule has 6 nitrogen and oxygen atoms in total. The van der Waals surface area contributed by atoms with Crippen LogP contribution in [0.5, 0.6) is 11.5 Å². The second-order valence-electron chi connectivity index (χ2n) is 7.25. The SMILES string of the molecule is COc1ccc(COC[C@@H](O)C[NH+]2CCN(c3ccccc3F)CC2)cc1OC. The van der Waals surface area contributed by atoms with Gasteiger partial charge in [-0.3, -0.25) is 0 Å². The van der Waals surface area contributed by atoms with Gasteiger partial charge in [0.05, 0.1) is 59.3 Å². The van der Waals surface area contributed by atoms with E-state index in [1.807, 2.05) is 30.3 Å². The number of benzene rings is 2. The van der Waals surface area contributed by atoms with Crippen LogP contribution in [-0.2, 0) is 11.3 Å². The number of para-hydroxylation sites is 1. The highest BCUT2D eigenvalue weighted by atomic mass is 19.1. The summed E-state index contributed by atoms with van der Waals surface area (Å²) in [6.45, 7) is 4.56. The molecule has 0 bridgehead atoms. The molecule has 158 valence electrons. The van der Waals surface area contributed by atoms with Gasteiger partial charge in [0.25, 0.3) is 0 Å². The van der Waals surface area contributed by atoms with Gasteiger partial charge in [-0.1, -0.05) is 18.2 Å². The molecule has 1 atom stereocenters. The fourth-order valence-electron chi connectivity index (χ4n) is 3.65. The Kier molecular flexibility index (Phi) is 7.69. The molecule has 0 aromatic heterocycles. The number of methoxy groups -OCH3 is 2. The Bertz CT molecular complexity index is 781. The Morgan fingerprint density at radius 2 is 1.79 bits per heavy atom. The Balaban J connectivity index is 1.39. The first-order valence-corrected chi connectivity index (χ1v) is 9.90. The third-order valence-electron chi connectivity index (χ3n) is 5.21. The number of nitrogens with one attached hydrogen (secondary N) is 1. The maximum absolute atomic E-state index is 13.9. The summed E-state index contributed by atoms with van der Waals surface area (Å²) in [7, 11) is 3.20. The first-order valence-electron chi connectivity index (χ1n) is 9.90. The summed E-state index contributed by atoms with van der Waals surface area (Å²) in [6, 6.07) is 12.5. The van der Waals surface area contributed by atoms with E-state index < -0.39 is 6.10 Å². The molecule has 0 saturated carbocycles. The summed E-state index contributed by atoms with van der Waals surface area (Å²) in [5, 5.41) is 10.3. The van der Waals surface area contributed by atoms with E-state index in [0.29, 0.717) is 30.3 Å². The number of aliphatic hydroxyl groups excluding tert-OH is 1. The minimum absolute atomic E-state index is 0.181. The van der Waals surface area contributed by atoms with Crippen LogP contribution in [0.4, 0.5) is 10.1 Å². The minimum Gasteiger partial charge on any atom is -0.493 e. The van der Waals surface area contributed by atoms with Crippen LogP contribution in [-0.4, -0.2) is 64.8 Å². The number of hydrogen-bond acceptors (Lipinski definition) is 5. The fraction of sp³-hybridized carbons (Fsp3) is 0.455. The van der Waals surface area contributed by atoms with E-state index in [-0.39, 0.29) is 12.4 Å². The van der Waals surface area contributed by atoms with Crippen molar-refractivity contribution in [3.63, 3.8) is 0 Å². The van der Waals surface area contributed by atoms with Gasteiger partial charge in [0.1, 0.15) is 18.5 Å². The van der Waals surface area contributed by atoms with E-state index >= 15 is 0 Å². The van der Waals surface area contributed by atoms with Crippen LogP contribution < -0.4 is 19.3 Å². The van der Waals surface area contributed by atoms with Gasteiger partial charge < -0.3 is 29.1 Å². The lowest BCUT2D eigenvalue weighted by Crippen LogP contribution is -3.16. The van der Waals surface area contributed by atoms with Crippen molar-refractivity contribution in [3.05, 3.63) is 53.8 Å². The molecule has 3 rings (SSSR count). The predicted molar refractivity (Wildman–Crippen MR) is 109 cm³/mol. The Labute approximate surface area is 171 Å². The molecule has 2 aromatic carbocycles. The summed E-state index contributed by atoms with van der Waals surface area (Å²) in [5.41, 5.74) is 1.62. The second-order valence-corrected chi connectivity index (χ2v) is 7.25. The van der Waals surface area contributed by atoms with E-state index in [1.165, 1.54) is 11.0 Å². The van der Waals surface area contributed by atoms with Crippen molar-refractivity contribution in [3.8, 4) is 11.5 Å². The molecule has 1 saturated heterocycles. The van der Waals surface area contributed by atoms with E-state index in [9.17, 15) is 9.50 Å². The average Bonchev–Trinajstić information content (AvgIpc) is 2.74. The number of nitrogens with zero attached hydrogens (tertiary/aromatic N) is 1. The first-order chi connectivity index (χ1) is 14.1. The maximum atomic E-state index is 13.9. The van der Waals surface area contributed by atoms with Gasteiger partial charge in [-0.15, -0.1) is 0 Å². The van der Waals surface area contributed by atoms with Crippen LogP contribution in [0.2, 0.25) is 0 Å². The lowest BCUT2D eigenvalue weighted by Gasteiger charge is -2.34. The molecular formula is C22H30FN2O4+. The molecule has 1 fully saturated rings. The zero-order chi connectivity index (χ0) is 20.6.